The monoisotopic (exact) mass is 247 g/mol. The lowest BCUT2D eigenvalue weighted by molar-refractivity contribution is -0.115. The summed E-state index contributed by atoms with van der Waals surface area (Å²) < 4.78 is 1.19. The van der Waals surface area contributed by atoms with E-state index in [1.165, 1.54) is 21.7 Å². The summed E-state index contributed by atoms with van der Waals surface area (Å²) in [6, 6.07) is 8.08. The Morgan fingerprint density at radius 1 is 1.38 bits per heavy atom. The molecule has 0 aliphatic rings. The molecule has 0 saturated heterocycles. The Morgan fingerprint density at radius 2 is 2.25 bits per heavy atom. The zero-order valence-electron chi connectivity index (χ0n) is 8.34. The van der Waals surface area contributed by atoms with Gasteiger partial charge in [0.15, 0.2) is 0 Å². The molecule has 0 bridgehead atoms. The maximum absolute atomic E-state index is 11.2. The van der Waals surface area contributed by atoms with Crippen molar-refractivity contribution in [3.8, 4) is 0 Å². The van der Waals surface area contributed by atoms with Crippen molar-refractivity contribution in [3.05, 3.63) is 41.3 Å². The molecule has 2 nitrogen and oxygen atoms in total. The molecule has 0 aliphatic heterocycles. The molecule has 0 fully saturated rings. The number of rotatable bonds is 3. The minimum absolute atomic E-state index is 0.205. The molecule has 0 saturated carbocycles. The van der Waals surface area contributed by atoms with Gasteiger partial charge in [0.1, 0.15) is 0 Å². The molecule has 0 unspecified atom stereocenters. The van der Waals surface area contributed by atoms with E-state index in [-0.39, 0.29) is 5.91 Å². The molecule has 0 atom stereocenters. The average molecular weight is 247 g/mol. The summed E-state index contributed by atoms with van der Waals surface area (Å²) in [6.07, 6.45) is 3.28. The number of thiophene rings is 1. The second-order valence-corrected chi connectivity index (χ2v) is 4.30. The van der Waals surface area contributed by atoms with Crippen LogP contribution >= 0.6 is 23.6 Å². The van der Waals surface area contributed by atoms with Gasteiger partial charge in [-0.3, -0.25) is 4.79 Å². The van der Waals surface area contributed by atoms with Gasteiger partial charge in [-0.05, 0) is 28.5 Å². The van der Waals surface area contributed by atoms with E-state index >= 15 is 0 Å². The summed E-state index contributed by atoms with van der Waals surface area (Å²) in [5.74, 6) is -0.205. The van der Waals surface area contributed by atoms with Gasteiger partial charge in [-0.1, -0.05) is 30.4 Å². The molecule has 4 heteroatoms. The van der Waals surface area contributed by atoms with E-state index in [9.17, 15) is 4.79 Å². The Labute approximate surface area is 103 Å². The zero-order valence-corrected chi connectivity index (χ0v) is 9.98. The van der Waals surface area contributed by atoms with Crippen LogP contribution in [0, 0.1) is 0 Å². The van der Waals surface area contributed by atoms with Crippen LogP contribution in [0.1, 0.15) is 5.56 Å². The Kier molecular flexibility index (Phi) is 3.44. The van der Waals surface area contributed by atoms with Crippen molar-refractivity contribution in [2.45, 2.75) is 0 Å². The highest BCUT2D eigenvalue weighted by Crippen LogP contribution is 2.25. The topological polar surface area (TPSA) is 29.1 Å². The van der Waals surface area contributed by atoms with Crippen LogP contribution in [0.3, 0.4) is 0 Å². The lowest BCUT2D eigenvalue weighted by Crippen LogP contribution is -2.16. The minimum atomic E-state index is -0.205. The molecule has 0 aliphatic carbocycles. The SMILES string of the molecule is O=C(C=Cc1cccc2ccsc12)NC=S. The zero-order chi connectivity index (χ0) is 11.4. The number of carbonyl (C=O) groups excluding carboxylic acids is 1. The van der Waals surface area contributed by atoms with Gasteiger partial charge in [-0.25, -0.2) is 0 Å². The molecule has 80 valence electrons. The van der Waals surface area contributed by atoms with E-state index in [2.05, 4.69) is 29.7 Å². The second-order valence-electron chi connectivity index (χ2n) is 3.15. The molecule has 0 spiro atoms. The van der Waals surface area contributed by atoms with E-state index in [0.29, 0.717) is 0 Å². The highest BCUT2D eigenvalue weighted by molar-refractivity contribution is 7.78. The largest absolute Gasteiger partial charge is 0.319 e. The molecule has 2 rings (SSSR count). The Morgan fingerprint density at radius 3 is 3.06 bits per heavy atom. The normalized spacial score (nSPS) is 10.8. The van der Waals surface area contributed by atoms with Crippen LogP contribution in [0.5, 0.6) is 0 Å². The van der Waals surface area contributed by atoms with E-state index in [4.69, 9.17) is 0 Å². The smallest absolute Gasteiger partial charge is 0.248 e. The van der Waals surface area contributed by atoms with Crippen LogP contribution in [0.4, 0.5) is 0 Å². The van der Waals surface area contributed by atoms with Gasteiger partial charge in [0.25, 0.3) is 0 Å². The summed E-state index contributed by atoms with van der Waals surface area (Å²) in [5.41, 5.74) is 2.25. The first-order valence-corrected chi connectivity index (χ1v) is 6.05. The Balaban J connectivity index is 2.30. The predicted octanol–water partition coefficient (Wildman–Crippen LogP) is 2.99. The number of carbonyl (C=O) groups is 1. The lowest BCUT2D eigenvalue weighted by atomic mass is 10.1. The fraction of sp³-hybridized carbons (Fsp3) is 0. The first-order chi connectivity index (χ1) is 7.81. The van der Waals surface area contributed by atoms with Gasteiger partial charge in [0.05, 0.1) is 5.49 Å². The van der Waals surface area contributed by atoms with Crippen molar-refractivity contribution in [2.24, 2.45) is 0 Å². The summed E-state index contributed by atoms with van der Waals surface area (Å²) in [5, 5.41) is 5.66. The van der Waals surface area contributed by atoms with Gasteiger partial charge < -0.3 is 5.32 Å². The molecule has 2 aromatic rings. The van der Waals surface area contributed by atoms with Gasteiger partial charge in [-0.2, -0.15) is 0 Å². The lowest BCUT2D eigenvalue weighted by Gasteiger charge is -1.96. The molecule has 1 aromatic heterocycles. The molecule has 16 heavy (non-hydrogen) atoms. The van der Waals surface area contributed by atoms with Crippen LogP contribution in [-0.2, 0) is 4.79 Å². The van der Waals surface area contributed by atoms with Gasteiger partial charge in [0.2, 0.25) is 5.91 Å². The van der Waals surface area contributed by atoms with Crippen LogP contribution in [0.2, 0.25) is 0 Å². The molecular formula is C12H9NOS2. The van der Waals surface area contributed by atoms with E-state index in [1.54, 1.807) is 17.4 Å². The minimum Gasteiger partial charge on any atom is -0.319 e. The van der Waals surface area contributed by atoms with Crippen molar-refractivity contribution >= 4 is 51.1 Å². The highest BCUT2D eigenvalue weighted by Gasteiger charge is 1.99. The molecule has 1 amide bonds. The number of amides is 1. The molecule has 1 heterocycles. The van der Waals surface area contributed by atoms with Crippen LogP contribution < -0.4 is 5.32 Å². The third-order valence-electron chi connectivity index (χ3n) is 2.12. The van der Waals surface area contributed by atoms with Crippen molar-refractivity contribution in [3.63, 3.8) is 0 Å². The standard InChI is InChI=1S/C12H9NOS2/c14-11(13-8-15)5-4-9-2-1-3-10-6-7-16-12(9)10/h1-8H,(H,13,14,15). The number of thiocarbonyl (C=S) groups is 1. The molecule has 1 N–H and O–H groups in total. The van der Waals surface area contributed by atoms with Gasteiger partial charge in [-0.15, -0.1) is 11.3 Å². The summed E-state index contributed by atoms with van der Waals surface area (Å²) in [6.45, 7) is 0. The molecular weight excluding hydrogens is 238 g/mol. The average Bonchev–Trinajstić information content (AvgIpc) is 2.75. The fourth-order valence-electron chi connectivity index (χ4n) is 1.42. The van der Waals surface area contributed by atoms with Gasteiger partial charge in [0, 0.05) is 10.8 Å². The van der Waals surface area contributed by atoms with Crippen molar-refractivity contribution in [1.82, 2.24) is 5.32 Å². The third-order valence-corrected chi connectivity index (χ3v) is 3.22. The van der Waals surface area contributed by atoms with Crippen LogP contribution in [0.25, 0.3) is 16.2 Å². The van der Waals surface area contributed by atoms with Crippen LogP contribution in [-0.4, -0.2) is 11.4 Å². The Bertz CT molecular complexity index is 557. The first-order valence-electron chi connectivity index (χ1n) is 4.70. The van der Waals surface area contributed by atoms with E-state index in [1.807, 2.05) is 17.5 Å². The number of hydrogen-bond acceptors (Lipinski definition) is 3. The van der Waals surface area contributed by atoms with E-state index < -0.39 is 0 Å². The number of nitrogens with one attached hydrogen (secondary N) is 1. The number of hydrogen-bond donors (Lipinski definition) is 1. The number of benzene rings is 1. The third kappa shape index (κ3) is 2.35. The van der Waals surface area contributed by atoms with Crippen molar-refractivity contribution < 1.29 is 4.79 Å². The highest BCUT2D eigenvalue weighted by atomic mass is 32.1. The summed E-state index contributed by atoms with van der Waals surface area (Å²) in [4.78, 5) is 11.2. The summed E-state index contributed by atoms with van der Waals surface area (Å²) >= 11 is 6.20. The van der Waals surface area contributed by atoms with Crippen molar-refractivity contribution in [1.29, 1.82) is 0 Å². The second kappa shape index (κ2) is 5.01. The summed E-state index contributed by atoms with van der Waals surface area (Å²) in [7, 11) is 0. The number of fused-ring (bicyclic) bond motifs is 1. The van der Waals surface area contributed by atoms with Gasteiger partial charge >= 0.3 is 0 Å². The predicted molar refractivity (Wildman–Crippen MR) is 72.7 cm³/mol. The molecule has 1 aromatic carbocycles. The van der Waals surface area contributed by atoms with E-state index in [0.717, 1.165) is 5.56 Å². The van der Waals surface area contributed by atoms with Crippen molar-refractivity contribution in [2.75, 3.05) is 0 Å². The Hall–Kier alpha value is -1.52. The molecule has 0 radical (unpaired) electrons. The quantitative estimate of drug-likeness (QED) is 0.667. The first kappa shape index (κ1) is 11.0. The fourth-order valence-corrected chi connectivity index (χ4v) is 2.43. The maximum Gasteiger partial charge on any atom is 0.248 e. The van der Waals surface area contributed by atoms with Crippen LogP contribution in [0.15, 0.2) is 35.7 Å². The maximum atomic E-state index is 11.2.